The molecular formula is C20H17FN2O2. The molecule has 0 radical (unpaired) electrons. The Bertz CT molecular complexity index is 786. The van der Waals surface area contributed by atoms with Gasteiger partial charge in [0, 0.05) is 12.3 Å². The van der Waals surface area contributed by atoms with E-state index in [1.54, 1.807) is 12.3 Å². The van der Waals surface area contributed by atoms with Gasteiger partial charge in [0.05, 0.1) is 11.7 Å². The highest BCUT2D eigenvalue weighted by Crippen LogP contribution is 2.20. The molecule has 0 saturated carbocycles. The number of amides is 1. The average Bonchev–Trinajstić information content (AvgIpc) is 2.66. The molecule has 126 valence electrons. The highest BCUT2D eigenvalue weighted by molar-refractivity contribution is 5.78. The first-order valence-corrected chi connectivity index (χ1v) is 7.86. The van der Waals surface area contributed by atoms with Gasteiger partial charge in [0.2, 0.25) is 0 Å². The van der Waals surface area contributed by atoms with Crippen LogP contribution in [0.5, 0.6) is 5.75 Å². The van der Waals surface area contributed by atoms with Crippen molar-refractivity contribution in [3.8, 4) is 5.75 Å². The molecule has 0 aliphatic heterocycles. The van der Waals surface area contributed by atoms with E-state index < -0.39 is 5.82 Å². The largest absolute Gasteiger partial charge is 0.484 e. The summed E-state index contributed by atoms with van der Waals surface area (Å²) in [5.41, 5.74) is 1.65. The van der Waals surface area contributed by atoms with Crippen molar-refractivity contribution in [2.24, 2.45) is 0 Å². The number of halogens is 1. The standard InChI is InChI=1S/C20H17FN2O2/c21-16-9-6-10-17(13-16)25-14-19(24)23-20(15-7-2-1-3-8-15)18-11-4-5-12-22-18/h1-13,20H,14H2,(H,23,24)/t20-/m0/s1. The summed E-state index contributed by atoms with van der Waals surface area (Å²) in [6.07, 6.45) is 1.68. The molecule has 0 bridgehead atoms. The van der Waals surface area contributed by atoms with Crippen molar-refractivity contribution in [3.05, 3.63) is 96.1 Å². The summed E-state index contributed by atoms with van der Waals surface area (Å²) in [5.74, 6) is -0.415. The van der Waals surface area contributed by atoms with Gasteiger partial charge in [-0.15, -0.1) is 0 Å². The Labute approximate surface area is 145 Å². The quantitative estimate of drug-likeness (QED) is 0.749. The SMILES string of the molecule is O=C(COc1cccc(F)c1)N[C@@H](c1ccccc1)c1ccccn1. The highest BCUT2D eigenvalue weighted by atomic mass is 19.1. The van der Waals surface area contributed by atoms with Crippen molar-refractivity contribution in [2.75, 3.05) is 6.61 Å². The van der Waals surface area contributed by atoms with E-state index in [9.17, 15) is 9.18 Å². The molecule has 3 rings (SSSR count). The first-order valence-electron chi connectivity index (χ1n) is 7.86. The summed E-state index contributed by atoms with van der Waals surface area (Å²) >= 11 is 0. The Morgan fingerprint density at radius 1 is 1.04 bits per heavy atom. The monoisotopic (exact) mass is 336 g/mol. The lowest BCUT2D eigenvalue weighted by atomic mass is 10.0. The molecule has 1 heterocycles. The van der Waals surface area contributed by atoms with Gasteiger partial charge in [-0.05, 0) is 29.8 Å². The number of nitrogens with one attached hydrogen (secondary N) is 1. The minimum Gasteiger partial charge on any atom is -0.484 e. The first-order chi connectivity index (χ1) is 12.2. The van der Waals surface area contributed by atoms with Crippen molar-refractivity contribution in [2.45, 2.75) is 6.04 Å². The van der Waals surface area contributed by atoms with E-state index in [1.807, 2.05) is 48.5 Å². The Morgan fingerprint density at radius 3 is 2.56 bits per heavy atom. The second kappa shape index (κ2) is 8.06. The minimum absolute atomic E-state index is 0.209. The van der Waals surface area contributed by atoms with E-state index in [4.69, 9.17) is 4.74 Å². The molecule has 25 heavy (non-hydrogen) atoms. The number of aromatic nitrogens is 1. The fourth-order valence-corrected chi connectivity index (χ4v) is 2.43. The van der Waals surface area contributed by atoms with Crippen LogP contribution in [-0.4, -0.2) is 17.5 Å². The molecule has 1 atom stereocenters. The molecule has 3 aromatic rings. The van der Waals surface area contributed by atoms with Gasteiger partial charge in [-0.3, -0.25) is 9.78 Å². The minimum atomic E-state index is -0.409. The van der Waals surface area contributed by atoms with E-state index in [0.717, 1.165) is 11.3 Å². The third-order valence-electron chi connectivity index (χ3n) is 3.59. The molecule has 0 fully saturated rings. The van der Waals surface area contributed by atoms with Crippen LogP contribution in [-0.2, 0) is 4.79 Å². The van der Waals surface area contributed by atoms with Gasteiger partial charge >= 0.3 is 0 Å². The van der Waals surface area contributed by atoms with E-state index in [1.165, 1.54) is 18.2 Å². The Balaban J connectivity index is 1.71. The second-order valence-electron chi connectivity index (χ2n) is 5.41. The molecular weight excluding hydrogens is 319 g/mol. The van der Waals surface area contributed by atoms with Gasteiger partial charge in [0.1, 0.15) is 11.6 Å². The maximum absolute atomic E-state index is 13.2. The van der Waals surface area contributed by atoms with Gasteiger partial charge in [0.25, 0.3) is 5.91 Å². The van der Waals surface area contributed by atoms with Crippen molar-refractivity contribution >= 4 is 5.91 Å². The van der Waals surface area contributed by atoms with Crippen molar-refractivity contribution in [1.82, 2.24) is 10.3 Å². The number of ether oxygens (including phenoxy) is 1. The summed E-state index contributed by atoms with van der Waals surface area (Å²) in [4.78, 5) is 16.6. The summed E-state index contributed by atoms with van der Waals surface area (Å²) in [6.45, 7) is -0.209. The zero-order valence-corrected chi connectivity index (χ0v) is 13.4. The van der Waals surface area contributed by atoms with Crippen molar-refractivity contribution < 1.29 is 13.9 Å². The lowest BCUT2D eigenvalue weighted by Gasteiger charge is -2.19. The smallest absolute Gasteiger partial charge is 0.258 e. The number of carbonyl (C=O) groups excluding carboxylic acids is 1. The van der Waals surface area contributed by atoms with Crippen LogP contribution in [0.1, 0.15) is 17.3 Å². The molecule has 0 aliphatic rings. The molecule has 5 heteroatoms. The number of carbonyl (C=O) groups is 1. The van der Waals surface area contributed by atoms with E-state index in [2.05, 4.69) is 10.3 Å². The summed E-state index contributed by atoms with van der Waals surface area (Å²) in [7, 11) is 0. The Kier molecular flexibility index (Phi) is 5.36. The van der Waals surface area contributed by atoms with Crippen LogP contribution in [0.4, 0.5) is 4.39 Å². The third-order valence-corrected chi connectivity index (χ3v) is 3.59. The predicted octanol–water partition coefficient (Wildman–Crippen LogP) is 3.51. The topological polar surface area (TPSA) is 51.2 Å². The number of nitrogens with zero attached hydrogens (tertiary/aromatic N) is 1. The lowest BCUT2D eigenvalue weighted by molar-refractivity contribution is -0.123. The Hall–Kier alpha value is -3.21. The zero-order chi connectivity index (χ0) is 17.5. The van der Waals surface area contributed by atoms with E-state index >= 15 is 0 Å². The fraction of sp³-hybridized carbons (Fsp3) is 0.100. The van der Waals surface area contributed by atoms with Crippen molar-refractivity contribution in [1.29, 1.82) is 0 Å². The molecule has 1 amide bonds. The maximum Gasteiger partial charge on any atom is 0.258 e. The average molecular weight is 336 g/mol. The Morgan fingerprint density at radius 2 is 1.84 bits per heavy atom. The maximum atomic E-state index is 13.2. The van der Waals surface area contributed by atoms with E-state index in [0.29, 0.717) is 5.75 Å². The second-order valence-corrected chi connectivity index (χ2v) is 5.41. The first kappa shape index (κ1) is 16.6. The number of rotatable bonds is 6. The third kappa shape index (κ3) is 4.64. The molecule has 0 unspecified atom stereocenters. The fourth-order valence-electron chi connectivity index (χ4n) is 2.43. The van der Waals surface area contributed by atoms with Crippen LogP contribution in [0.3, 0.4) is 0 Å². The normalized spacial score (nSPS) is 11.6. The summed E-state index contributed by atoms with van der Waals surface area (Å²) < 4.78 is 18.5. The predicted molar refractivity (Wildman–Crippen MR) is 92.6 cm³/mol. The van der Waals surface area contributed by atoms with Crippen LogP contribution in [0.2, 0.25) is 0 Å². The van der Waals surface area contributed by atoms with Crippen LogP contribution >= 0.6 is 0 Å². The summed E-state index contributed by atoms with van der Waals surface area (Å²) in [5, 5.41) is 2.91. The summed E-state index contributed by atoms with van der Waals surface area (Å²) in [6, 6.07) is 20.4. The van der Waals surface area contributed by atoms with Crippen LogP contribution < -0.4 is 10.1 Å². The van der Waals surface area contributed by atoms with Gasteiger partial charge in [-0.25, -0.2) is 4.39 Å². The van der Waals surface area contributed by atoms with Crippen LogP contribution in [0.25, 0.3) is 0 Å². The van der Waals surface area contributed by atoms with Gasteiger partial charge in [-0.2, -0.15) is 0 Å². The van der Waals surface area contributed by atoms with E-state index in [-0.39, 0.29) is 18.6 Å². The van der Waals surface area contributed by atoms with Gasteiger partial charge in [-0.1, -0.05) is 42.5 Å². The number of hydrogen-bond acceptors (Lipinski definition) is 3. The number of pyridine rings is 1. The van der Waals surface area contributed by atoms with Gasteiger partial charge < -0.3 is 10.1 Å². The molecule has 2 aromatic carbocycles. The molecule has 4 nitrogen and oxygen atoms in total. The molecule has 1 N–H and O–H groups in total. The van der Waals surface area contributed by atoms with Crippen LogP contribution in [0, 0.1) is 5.82 Å². The molecule has 0 saturated heterocycles. The number of benzene rings is 2. The van der Waals surface area contributed by atoms with Gasteiger partial charge in [0.15, 0.2) is 6.61 Å². The van der Waals surface area contributed by atoms with Crippen molar-refractivity contribution in [3.63, 3.8) is 0 Å². The molecule has 0 aliphatic carbocycles. The molecule has 0 spiro atoms. The number of hydrogen-bond donors (Lipinski definition) is 1. The highest BCUT2D eigenvalue weighted by Gasteiger charge is 2.18. The zero-order valence-electron chi connectivity index (χ0n) is 13.4. The van der Waals surface area contributed by atoms with Crippen LogP contribution in [0.15, 0.2) is 79.0 Å². The lowest BCUT2D eigenvalue weighted by Crippen LogP contribution is -2.33. The molecule has 1 aromatic heterocycles.